The molecule has 0 radical (unpaired) electrons. The van der Waals surface area contributed by atoms with Crippen molar-refractivity contribution in [1.29, 1.82) is 0 Å². The van der Waals surface area contributed by atoms with Crippen molar-refractivity contribution in [3.05, 3.63) is 12.2 Å². The van der Waals surface area contributed by atoms with E-state index in [4.69, 9.17) is 4.74 Å². The Morgan fingerprint density at radius 2 is 1.91 bits per heavy atom. The molecule has 0 heterocycles. The van der Waals surface area contributed by atoms with Crippen molar-refractivity contribution in [2.75, 3.05) is 7.11 Å². The summed E-state index contributed by atoms with van der Waals surface area (Å²) in [6, 6.07) is 0. The molecule has 0 aliphatic heterocycles. The predicted octanol–water partition coefficient (Wildman–Crippen LogP) is 1.80. The van der Waals surface area contributed by atoms with Crippen molar-refractivity contribution in [3.63, 3.8) is 0 Å². The van der Waals surface area contributed by atoms with Gasteiger partial charge >= 0.3 is 0 Å². The topological polar surface area (TPSA) is 26.3 Å². The quantitative estimate of drug-likeness (QED) is 0.580. The Labute approximate surface area is 68.2 Å². The highest BCUT2D eigenvalue weighted by atomic mass is 16.5. The molecule has 2 heteroatoms. The molecular formula is C9H16O2. The molecule has 0 spiro atoms. The van der Waals surface area contributed by atoms with Crippen LogP contribution in [0.4, 0.5) is 0 Å². The Kier molecular flexibility index (Phi) is 4.04. The Morgan fingerprint density at radius 1 is 1.45 bits per heavy atom. The number of carbonyl (C=O) groups is 1. The average molecular weight is 156 g/mol. The molecule has 0 saturated heterocycles. The number of Topliss-reactive ketones (excluding diaryl/α,β-unsaturated/α-hetero) is 1. The van der Waals surface area contributed by atoms with E-state index in [9.17, 15) is 4.79 Å². The van der Waals surface area contributed by atoms with Crippen LogP contribution >= 0.6 is 0 Å². The first-order chi connectivity index (χ1) is 5.00. The van der Waals surface area contributed by atoms with Crippen LogP contribution in [0, 0.1) is 5.92 Å². The second kappa shape index (κ2) is 4.29. The van der Waals surface area contributed by atoms with Gasteiger partial charge in [0.1, 0.15) is 0 Å². The fourth-order valence-electron chi connectivity index (χ4n) is 0.806. The minimum absolute atomic E-state index is 0.0285. The largest absolute Gasteiger partial charge is 0.381 e. The molecule has 0 aromatic rings. The van der Waals surface area contributed by atoms with Gasteiger partial charge < -0.3 is 4.74 Å². The molecule has 0 aliphatic carbocycles. The van der Waals surface area contributed by atoms with Gasteiger partial charge in [-0.15, -0.1) is 0 Å². The van der Waals surface area contributed by atoms with Crippen molar-refractivity contribution in [1.82, 2.24) is 0 Å². The number of rotatable bonds is 4. The minimum atomic E-state index is -0.0856. The molecule has 0 aromatic heterocycles. The Morgan fingerprint density at radius 3 is 2.18 bits per heavy atom. The van der Waals surface area contributed by atoms with Crippen LogP contribution < -0.4 is 0 Å². The molecule has 2 unspecified atom stereocenters. The van der Waals surface area contributed by atoms with Crippen LogP contribution in [0.5, 0.6) is 0 Å². The number of allylic oxidation sites excluding steroid dienone is 1. The highest BCUT2D eigenvalue weighted by molar-refractivity contribution is 5.96. The number of carbonyl (C=O) groups excluding carboxylic acids is 1. The van der Waals surface area contributed by atoms with Crippen LogP contribution in [0.1, 0.15) is 20.8 Å². The van der Waals surface area contributed by atoms with E-state index in [0.29, 0.717) is 5.57 Å². The van der Waals surface area contributed by atoms with E-state index in [-0.39, 0.29) is 17.8 Å². The first-order valence-corrected chi connectivity index (χ1v) is 3.73. The summed E-state index contributed by atoms with van der Waals surface area (Å²) in [5.74, 6) is -0.00292. The fourth-order valence-corrected chi connectivity index (χ4v) is 0.806. The molecule has 0 fully saturated rings. The van der Waals surface area contributed by atoms with Gasteiger partial charge in [0.25, 0.3) is 0 Å². The van der Waals surface area contributed by atoms with Gasteiger partial charge in [-0.05, 0) is 19.4 Å². The number of hydrogen-bond donors (Lipinski definition) is 0. The van der Waals surface area contributed by atoms with E-state index in [0.717, 1.165) is 0 Å². The Bertz CT molecular complexity index is 161. The summed E-state index contributed by atoms with van der Waals surface area (Å²) >= 11 is 0. The highest BCUT2D eigenvalue weighted by Gasteiger charge is 2.19. The molecular weight excluding hydrogens is 140 g/mol. The Balaban J connectivity index is 4.13. The lowest BCUT2D eigenvalue weighted by Gasteiger charge is -2.16. The summed E-state index contributed by atoms with van der Waals surface area (Å²) in [6.45, 7) is 9.04. The summed E-state index contributed by atoms with van der Waals surface area (Å²) in [7, 11) is 1.60. The summed E-state index contributed by atoms with van der Waals surface area (Å²) in [6.07, 6.45) is -0.0285. The zero-order valence-electron chi connectivity index (χ0n) is 7.68. The molecule has 0 amide bonds. The third-order valence-electron chi connectivity index (χ3n) is 1.91. The molecule has 2 nitrogen and oxygen atoms in total. The number of ketones is 1. The van der Waals surface area contributed by atoms with Crippen LogP contribution in [-0.4, -0.2) is 19.0 Å². The third kappa shape index (κ3) is 2.85. The SMILES string of the molecule is C=C(C)C(=O)C(C)C(C)OC. The maximum atomic E-state index is 11.3. The monoisotopic (exact) mass is 156 g/mol. The van der Waals surface area contributed by atoms with Crippen molar-refractivity contribution in [3.8, 4) is 0 Å². The zero-order valence-corrected chi connectivity index (χ0v) is 7.68. The molecule has 2 atom stereocenters. The zero-order chi connectivity index (χ0) is 9.02. The maximum absolute atomic E-state index is 11.3. The van der Waals surface area contributed by atoms with Gasteiger partial charge in [0.15, 0.2) is 5.78 Å². The van der Waals surface area contributed by atoms with Crippen molar-refractivity contribution in [2.24, 2.45) is 5.92 Å². The van der Waals surface area contributed by atoms with Crippen molar-refractivity contribution in [2.45, 2.75) is 26.9 Å². The van der Waals surface area contributed by atoms with E-state index in [2.05, 4.69) is 6.58 Å². The van der Waals surface area contributed by atoms with E-state index < -0.39 is 0 Å². The first-order valence-electron chi connectivity index (χ1n) is 3.73. The van der Waals surface area contributed by atoms with E-state index in [1.165, 1.54) is 0 Å². The molecule has 0 bridgehead atoms. The van der Waals surface area contributed by atoms with Crippen LogP contribution in [0.15, 0.2) is 12.2 Å². The number of hydrogen-bond acceptors (Lipinski definition) is 2. The first kappa shape index (κ1) is 10.4. The summed E-state index contributed by atoms with van der Waals surface area (Å²) in [5, 5.41) is 0. The summed E-state index contributed by atoms with van der Waals surface area (Å²) in [4.78, 5) is 11.3. The lowest BCUT2D eigenvalue weighted by Crippen LogP contribution is -2.25. The van der Waals surface area contributed by atoms with Gasteiger partial charge in [-0.2, -0.15) is 0 Å². The van der Waals surface area contributed by atoms with Crippen molar-refractivity contribution < 1.29 is 9.53 Å². The highest BCUT2D eigenvalue weighted by Crippen LogP contribution is 2.11. The third-order valence-corrected chi connectivity index (χ3v) is 1.91. The molecule has 0 rings (SSSR count). The molecule has 0 N–H and O–H groups in total. The Hall–Kier alpha value is -0.630. The predicted molar refractivity (Wildman–Crippen MR) is 45.5 cm³/mol. The van der Waals surface area contributed by atoms with Gasteiger partial charge in [0.2, 0.25) is 0 Å². The van der Waals surface area contributed by atoms with Gasteiger partial charge in [0, 0.05) is 13.0 Å². The lowest BCUT2D eigenvalue weighted by molar-refractivity contribution is -0.122. The van der Waals surface area contributed by atoms with Crippen molar-refractivity contribution >= 4 is 5.78 Å². The standard InChI is InChI=1S/C9H16O2/c1-6(2)9(10)7(3)8(4)11-5/h7-8H,1H2,2-5H3. The maximum Gasteiger partial charge on any atom is 0.163 e. The van der Waals surface area contributed by atoms with Gasteiger partial charge in [0.05, 0.1) is 6.10 Å². The van der Waals surface area contributed by atoms with Crippen LogP contribution in [0.2, 0.25) is 0 Å². The van der Waals surface area contributed by atoms with Crippen LogP contribution in [0.25, 0.3) is 0 Å². The van der Waals surface area contributed by atoms with E-state index in [1.807, 2.05) is 13.8 Å². The second-order valence-electron chi connectivity index (χ2n) is 2.87. The number of methoxy groups -OCH3 is 1. The second-order valence-corrected chi connectivity index (χ2v) is 2.87. The number of ether oxygens (including phenoxy) is 1. The summed E-state index contributed by atoms with van der Waals surface area (Å²) < 4.78 is 5.02. The molecule has 0 saturated carbocycles. The normalized spacial score (nSPS) is 15.6. The fraction of sp³-hybridized carbons (Fsp3) is 0.667. The van der Waals surface area contributed by atoms with Gasteiger partial charge in [-0.3, -0.25) is 4.79 Å². The van der Waals surface area contributed by atoms with Gasteiger partial charge in [-0.1, -0.05) is 13.5 Å². The lowest BCUT2D eigenvalue weighted by atomic mass is 9.97. The molecule has 0 aromatic carbocycles. The van der Waals surface area contributed by atoms with E-state index in [1.54, 1.807) is 14.0 Å². The van der Waals surface area contributed by atoms with Crippen LogP contribution in [-0.2, 0) is 9.53 Å². The summed E-state index contributed by atoms with van der Waals surface area (Å²) in [5.41, 5.74) is 0.599. The molecule has 11 heavy (non-hydrogen) atoms. The molecule has 64 valence electrons. The smallest absolute Gasteiger partial charge is 0.163 e. The van der Waals surface area contributed by atoms with Crippen LogP contribution in [0.3, 0.4) is 0 Å². The van der Waals surface area contributed by atoms with Gasteiger partial charge in [-0.25, -0.2) is 0 Å². The average Bonchev–Trinajstić information content (AvgIpc) is 2.00. The minimum Gasteiger partial charge on any atom is -0.381 e. The molecule has 0 aliphatic rings. The van der Waals surface area contributed by atoms with E-state index >= 15 is 0 Å².